The van der Waals surface area contributed by atoms with E-state index in [-0.39, 0.29) is 18.0 Å². The number of nitrogens with one attached hydrogen (secondary N) is 2. The van der Waals surface area contributed by atoms with Crippen molar-refractivity contribution in [3.05, 3.63) is 35.4 Å². The van der Waals surface area contributed by atoms with Crippen molar-refractivity contribution in [1.29, 1.82) is 0 Å². The van der Waals surface area contributed by atoms with E-state index >= 15 is 0 Å². The van der Waals surface area contributed by atoms with Gasteiger partial charge in [-0.05, 0) is 32.8 Å². The Hall–Kier alpha value is -1.35. The molecule has 2 atom stereocenters. The Labute approximate surface area is 110 Å². The molecule has 100 valence electrons. The van der Waals surface area contributed by atoms with Gasteiger partial charge in [-0.2, -0.15) is 0 Å². The summed E-state index contributed by atoms with van der Waals surface area (Å²) < 4.78 is 0. The number of amides is 1. The van der Waals surface area contributed by atoms with E-state index in [1.807, 2.05) is 13.0 Å². The minimum Gasteiger partial charge on any atom is -0.353 e. The molecule has 0 heterocycles. The molecule has 3 heteroatoms. The van der Waals surface area contributed by atoms with Crippen LogP contribution in [0.5, 0.6) is 0 Å². The fourth-order valence-electron chi connectivity index (χ4n) is 1.73. The maximum Gasteiger partial charge on any atom is 0.234 e. The summed E-state index contributed by atoms with van der Waals surface area (Å²) in [6, 6.07) is 8.77. The summed E-state index contributed by atoms with van der Waals surface area (Å²) in [4.78, 5) is 11.6. The van der Waals surface area contributed by atoms with Crippen LogP contribution in [0.4, 0.5) is 0 Å². The Morgan fingerprint density at radius 1 is 1.33 bits per heavy atom. The van der Waals surface area contributed by atoms with Gasteiger partial charge in [0.25, 0.3) is 0 Å². The zero-order valence-electron chi connectivity index (χ0n) is 11.8. The summed E-state index contributed by atoms with van der Waals surface area (Å²) in [6.07, 6.45) is 0.958. The predicted molar refractivity (Wildman–Crippen MR) is 75.5 cm³/mol. The highest BCUT2D eigenvalue weighted by atomic mass is 16.1. The second-order valence-corrected chi connectivity index (χ2v) is 4.89. The van der Waals surface area contributed by atoms with Gasteiger partial charge in [0.1, 0.15) is 0 Å². The molecule has 0 aliphatic heterocycles. The van der Waals surface area contributed by atoms with Gasteiger partial charge in [-0.15, -0.1) is 0 Å². The first kappa shape index (κ1) is 14.7. The average Bonchev–Trinajstić information content (AvgIpc) is 2.35. The average molecular weight is 248 g/mol. The van der Waals surface area contributed by atoms with Crippen molar-refractivity contribution >= 4 is 5.91 Å². The number of carbonyl (C=O) groups excluding carboxylic acids is 1. The number of benzene rings is 1. The molecule has 0 saturated heterocycles. The van der Waals surface area contributed by atoms with Crippen LogP contribution in [0.15, 0.2) is 24.3 Å². The third kappa shape index (κ3) is 4.88. The third-order valence-corrected chi connectivity index (χ3v) is 3.13. The van der Waals surface area contributed by atoms with E-state index in [4.69, 9.17) is 0 Å². The molecular weight excluding hydrogens is 224 g/mol. The van der Waals surface area contributed by atoms with Gasteiger partial charge in [0.15, 0.2) is 0 Å². The lowest BCUT2D eigenvalue weighted by molar-refractivity contribution is -0.120. The molecule has 18 heavy (non-hydrogen) atoms. The van der Waals surface area contributed by atoms with E-state index in [0.717, 1.165) is 6.42 Å². The summed E-state index contributed by atoms with van der Waals surface area (Å²) in [5.41, 5.74) is 2.46. The van der Waals surface area contributed by atoms with Crippen LogP contribution in [0.25, 0.3) is 0 Å². The van der Waals surface area contributed by atoms with Crippen molar-refractivity contribution in [3.8, 4) is 0 Å². The van der Waals surface area contributed by atoms with Crippen molar-refractivity contribution in [3.63, 3.8) is 0 Å². The molecule has 0 bridgehead atoms. The summed E-state index contributed by atoms with van der Waals surface area (Å²) in [7, 11) is 0. The Balaban J connectivity index is 2.41. The SMILES string of the molecule is CCC(C)NC(=O)CN[C@@H](C)c1cccc(C)c1. The smallest absolute Gasteiger partial charge is 0.234 e. The van der Waals surface area contributed by atoms with Gasteiger partial charge in [0.05, 0.1) is 6.54 Å². The molecule has 0 aliphatic rings. The van der Waals surface area contributed by atoms with Gasteiger partial charge in [-0.3, -0.25) is 4.79 Å². The quantitative estimate of drug-likeness (QED) is 0.812. The van der Waals surface area contributed by atoms with Gasteiger partial charge < -0.3 is 10.6 Å². The van der Waals surface area contributed by atoms with Crippen molar-refractivity contribution in [2.45, 2.75) is 46.2 Å². The highest BCUT2D eigenvalue weighted by Crippen LogP contribution is 2.13. The number of rotatable bonds is 6. The minimum atomic E-state index is 0.0591. The van der Waals surface area contributed by atoms with E-state index in [1.54, 1.807) is 0 Å². The van der Waals surface area contributed by atoms with Gasteiger partial charge in [0.2, 0.25) is 5.91 Å². The maximum absolute atomic E-state index is 11.6. The van der Waals surface area contributed by atoms with Crippen LogP contribution in [0.2, 0.25) is 0 Å². The fraction of sp³-hybridized carbons (Fsp3) is 0.533. The maximum atomic E-state index is 11.6. The molecule has 1 aromatic carbocycles. The first-order chi connectivity index (χ1) is 8.52. The minimum absolute atomic E-state index is 0.0591. The molecule has 3 nitrogen and oxygen atoms in total. The first-order valence-electron chi connectivity index (χ1n) is 6.62. The topological polar surface area (TPSA) is 41.1 Å². The Morgan fingerprint density at radius 3 is 2.67 bits per heavy atom. The van der Waals surface area contributed by atoms with E-state index in [1.165, 1.54) is 11.1 Å². The summed E-state index contributed by atoms with van der Waals surface area (Å²) in [5.74, 6) is 0.0591. The zero-order valence-corrected chi connectivity index (χ0v) is 11.8. The van der Waals surface area contributed by atoms with Crippen molar-refractivity contribution in [1.82, 2.24) is 10.6 Å². The first-order valence-corrected chi connectivity index (χ1v) is 6.62. The number of hydrogen-bond donors (Lipinski definition) is 2. The summed E-state index contributed by atoms with van der Waals surface area (Å²) >= 11 is 0. The monoisotopic (exact) mass is 248 g/mol. The zero-order chi connectivity index (χ0) is 13.5. The Morgan fingerprint density at radius 2 is 2.06 bits per heavy atom. The Bertz CT molecular complexity index is 390. The fourth-order valence-corrected chi connectivity index (χ4v) is 1.73. The van der Waals surface area contributed by atoms with Gasteiger partial charge >= 0.3 is 0 Å². The predicted octanol–water partition coefficient (Wildman–Crippen LogP) is 2.56. The molecule has 0 spiro atoms. The normalized spacial score (nSPS) is 14.0. The molecule has 0 radical (unpaired) electrons. The van der Waals surface area contributed by atoms with Gasteiger partial charge in [-0.1, -0.05) is 36.8 Å². The summed E-state index contributed by atoms with van der Waals surface area (Å²) in [6.45, 7) is 8.59. The van der Waals surface area contributed by atoms with Crippen LogP contribution >= 0.6 is 0 Å². The number of hydrogen-bond acceptors (Lipinski definition) is 2. The van der Waals surface area contributed by atoms with Crippen molar-refractivity contribution < 1.29 is 4.79 Å². The van der Waals surface area contributed by atoms with Crippen molar-refractivity contribution in [2.24, 2.45) is 0 Å². The third-order valence-electron chi connectivity index (χ3n) is 3.13. The van der Waals surface area contributed by atoms with Crippen LogP contribution < -0.4 is 10.6 Å². The highest BCUT2D eigenvalue weighted by molar-refractivity contribution is 5.78. The van der Waals surface area contributed by atoms with Crippen molar-refractivity contribution in [2.75, 3.05) is 6.54 Å². The molecule has 0 saturated carbocycles. The second-order valence-electron chi connectivity index (χ2n) is 4.89. The second kappa shape index (κ2) is 7.17. The van der Waals surface area contributed by atoms with Crippen LogP contribution in [0.3, 0.4) is 0 Å². The molecule has 1 aromatic rings. The van der Waals surface area contributed by atoms with Crippen LogP contribution in [0.1, 0.15) is 44.4 Å². The lowest BCUT2D eigenvalue weighted by atomic mass is 10.1. The van der Waals surface area contributed by atoms with E-state index in [9.17, 15) is 4.79 Å². The molecule has 0 aliphatic carbocycles. The number of carbonyl (C=O) groups is 1. The molecular formula is C15H24N2O. The van der Waals surface area contributed by atoms with Crippen LogP contribution in [0, 0.1) is 6.92 Å². The van der Waals surface area contributed by atoms with Crippen LogP contribution in [-0.4, -0.2) is 18.5 Å². The molecule has 0 aromatic heterocycles. The van der Waals surface area contributed by atoms with E-state index in [2.05, 4.69) is 49.6 Å². The molecule has 1 unspecified atom stereocenters. The Kier molecular flexibility index (Phi) is 5.86. The standard InChI is InChI=1S/C15H24N2O/c1-5-12(3)17-15(18)10-16-13(4)14-8-6-7-11(2)9-14/h6-9,12-13,16H,5,10H2,1-4H3,(H,17,18)/t12?,13-/m0/s1. The van der Waals surface area contributed by atoms with E-state index < -0.39 is 0 Å². The largest absolute Gasteiger partial charge is 0.353 e. The summed E-state index contributed by atoms with van der Waals surface area (Å²) in [5, 5.41) is 6.19. The molecule has 2 N–H and O–H groups in total. The molecule has 0 fully saturated rings. The van der Waals surface area contributed by atoms with Crippen LogP contribution in [-0.2, 0) is 4.79 Å². The number of aryl methyl sites for hydroxylation is 1. The highest BCUT2D eigenvalue weighted by Gasteiger charge is 2.09. The van der Waals surface area contributed by atoms with Gasteiger partial charge in [-0.25, -0.2) is 0 Å². The van der Waals surface area contributed by atoms with E-state index in [0.29, 0.717) is 6.54 Å². The molecule has 1 rings (SSSR count). The molecule has 1 amide bonds. The lowest BCUT2D eigenvalue weighted by Crippen LogP contribution is -2.39. The lowest BCUT2D eigenvalue weighted by Gasteiger charge is -2.16. The van der Waals surface area contributed by atoms with Gasteiger partial charge in [0, 0.05) is 12.1 Å².